The van der Waals surface area contributed by atoms with Gasteiger partial charge in [-0.25, -0.2) is 0 Å². The van der Waals surface area contributed by atoms with Gasteiger partial charge in [-0.2, -0.15) is 0 Å². The van der Waals surface area contributed by atoms with Gasteiger partial charge in [-0.05, 0) is 63.1 Å². The number of aromatic hydroxyl groups is 2. The summed E-state index contributed by atoms with van der Waals surface area (Å²) in [6.07, 6.45) is 4.21. The minimum Gasteiger partial charge on any atom is -0.507 e. The molecule has 23 heavy (non-hydrogen) atoms. The van der Waals surface area contributed by atoms with Gasteiger partial charge in [0.05, 0.1) is 0 Å². The number of allylic oxidation sites excluding steroid dienone is 3. The van der Waals surface area contributed by atoms with Crippen molar-refractivity contribution in [2.75, 3.05) is 0 Å². The smallest absolute Gasteiger partial charge is 0.123 e. The molecule has 0 aliphatic heterocycles. The SMILES string of the molecule is [2H]C([2H])(CC)CCc1cc(O)c(C2C=C(C)CCC2C(=C)C)c(O)c1. The van der Waals surface area contributed by atoms with E-state index in [1.54, 1.807) is 12.1 Å². The fraction of sp³-hybridized carbons (Fsp3) is 0.524. The first-order chi connectivity index (χ1) is 11.6. The van der Waals surface area contributed by atoms with Crippen LogP contribution in [0.25, 0.3) is 0 Å². The van der Waals surface area contributed by atoms with Crippen LogP contribution in [-0.2, 0) is 6.42 Å². The molecular weight excluding hydrogens is 284 g/mol. The van der Waals surface area contributed by atoms with Crippen LogP contribution < -0.4 is 0 Å². The molecule has 2 heteroatoms. The Labute approximate surface area is 143 Å². The highest BCUT2D eigenvalue weighted by Crippen LogP contribution is 2.46. The monoisotopic (exact) mass is 316 g/mol. The van der Waals surface area contributed by atoms with E-state index < -0.39 is 6.37 Å². The van der Waals surface area contributed by atoms with Crippen LogP contribution in [0.1, 0.15) is 72.6 Å². The Morgan fingerprint density at radius 2 is 2.00 bits per heavy atom. The van der Waals surface area contributed by atoms with Gasteiger partial charge in [0.25, 0.3) is 0 Å². The van der Waals surface area contributed by atoms with Crippen molar-refractivity contribution in [2.45, 2.75) is 65.2 Å². The van der Waals surface area contributed by atoms with Gasteiger partial charge in [-0.1, -0.05) is 43.5 Å². The van der Waals surface area contributed by atoms with E-state index >= 15 is 0 Å². The van der Waals surface area contributed by atoms with Gasteiger partial charge in [0.15, 0.2) is 0 Å². The van der Waals surface area contributed by atoms with Crippen LogP contribution in [0.2, 0.25) is 0 Å². The number of phenolic OH excluding ortho intramolecular Hbond substituents is 2. The predicted octanol–water partition coefficient (Wildman–Crippen LogP) is 5.85. The van der Waals surface area contributed by atoms with Gasteiger partial charge >= 0.3 is 0 Å². The van der Waals surface area contributed by atoms with Crippen LogP contribution in [0.3, 0.4) is 0 Å². The van der Waals surface area contributed by atoms with Crippen LogP contribution >= 0.6 is 0 Å². The largest absolute Gasteiger partial charge is 0.507 e. The topological polar surface area (TPSA) is 40.5 Å². The van der Waals surface area contributed by atoms with Crippen LogP contribution in [-0.4, -0.2) is 10.2 Å². The van der Waals surface area contributed by atoms with E-state index in [2.05, 4.69) is 19.6 Å². The normalized spacial score (nSPS) is 23.0. The Balaban J connectivity index is 2.33. The van der Waals surface area contributed by atoms with Crippen LogP contribution in [0, 0.1) is 5.92 Å². The Hall–Kier alpha value is -1.70. The maximum Gasteiger partial charge on any atom is 0.123 e. The van der Waals surface area contributed by atoms with E-state index in [0.29, 0.717) is 24.8 Å². The van der Waals surface area contributed by atoms with Crippen molar-refractivity contribution in [3.8, 4) is 11.5 Å². The zero-order valence-corrected chi connectivity index (χ0v) is 14.5. The average Bonchev–Trinajstić information content (AvgIpc) is 2.52. The maximum atomic E-state index is 10.6. The first-order valence-electron chi connectivity index (χ1n) is 9.52. The molecule has 2 N–H and O–H groups in total. The second-order valence-corrected chi connectivity index (χ2v) is 6.68. The van der Waals surface area contributed by atoms with E-state index in [4.69, 9.17) is 2.74 Å². The molecule has 126 valence electrons. The molecule has 0 aromatic heterocycles. The van der Waals surface area contributed by atoms with Crippen LogP contribution in [0.15, 0.2) is 35.9 Å². The number of benzene rings is 1. The molecule has 2 unspecified atom stereocenters. The van der Waals surface area contributed by atoms with Crippen molar-refractivity contribution in [1.82, 2.24) is 0 Å². The third-order valence-electron chi connectivity index (χ3n) is 4.75. The molecule has 0 saturated carbocycles. The first kappa shape index (κ1) is 14.9. The summed E-state index contributed by atoms with van der Waals surface area (Å²) in [6, 6.07) is 3.35. The van der Waals surface area contributed by atoms with Crippen molar-refractivity contribution in [3.05, 3.63) is 47.1 Å². The van der Waals surface area contributed by atoms with Gasteiger partial charge in [0.2, 0.25) is 0 Å². The molecule has 2 rings (SSSR count). The molecule has 2 nitrogen and oxygen atoms in total. The lowest BCUT2D eigenvalue weighted by Gasteiger charge is -2.31. The number of rotatable bonds is 6. The second kappa shape index (κ2) is 7.72. The number of hydrogen-bond donors (Lipinski definition) is 2. The lowest BCUT2D eigenvalue weighted by Crippen LogP contribution is -2.17. The molecule has 0 amide bonds. The summed E-state index contributed by atoms with van der Waals surface area (Å²) in [4.78, 5) is 0. The van der Waals surface area contributed by atoms with E-state index in [9.17, 15) is 10.2 Å². The van der Waals surface area contributed by atoms with E-state index in [-0.39, 0.29) is 23.3 Å². The Bertz CT molecular complexity index is 653. The highest BCUT2D eigenvalue weighted by Gasteiger charge is 2.29. The molecule has 0 heterocycles. The fourth-order valence-corrected chi connectivity index (χ4v) is 3.48. The highest BCUT2D eigenvalue weighted by atomic mass is 16.3. The van der Waals surface area contributed by atoms with Gasteiger partial charge in [0.1, 0.15) is 11.5 Å². The molecular formula is C21H30O2. The predicted molar refractivity (Wildman–Crippen MR) is 97.0 cm³/mol. The standard InChI is InChI=1S/C21H30O2/c1-5-6-7-8-16-12-19(22)21(20(23)13-16)18-11-15(4)9-10-17(18)14(2)3/h11-13,17-18,22-23H,2,5-10H2,1,3-4H3/i6D2. The van der Waals surface area contributed by atoms with E-state index in [1.807, 2.05) is 13.8 Å². The summed E-state index contributed by atoms with van der Waals surface area (Å²) in [5.41, 5.74) is 3.66. The molecule has 1 aromatic carbocycles. The molecule has 0 spiro atoms. The Morgan fingerprint density at radius 1 is 1.35 bits per heavy atom. The molecule has 1 aliphatic rings. The minimum atomic E-state index is -1.22. The minimum absolute atomic E-state index is 0.0672. The molecule has 1 aromatic rings. The third kappa shape index (κ3) is 4.19. The molecule has 0 fully saturated rings. The van der Waals surface area contributed by atoms with Crippen molar-refractivity contribution in [2.24, 2.45) is 5.92 Å². The summed E-state index contributed by atoms with van der Waals surface area (Å²) < 4.78 is 15.7. The number of aryl methyl sites for hydroxylation is 1. The summed E-state index contributed by atoms with van der Waals surface area (Å²) >= 11 is 0. The lowest BCUT2D eigenvalue weighted by molar-refractivity contribution is 0.406. The molecule has 2 atom stereocenters. The summed E-state index contributed by atoms with van der Waals surface area (Å²) in [7, 11) is 0. The fourth-order valence-electron chi connectivity index (χ4n) is 3.48. The van der Waals surface area contributed by atoms with E-state index in [0.717, 1.165) is 24.0 Å². The average molecular weight is 316 g/mol. The maximum absolute atomic E-state index is 10.6. The summed E-state index contributed by atoms with van der Waals surface area (Å²) in [5, 5.41) is 21.2. The summed E-state index contributed by atoms with van der Waals surface area (Å²) in [6.45, 7) is 10.00. The van der Waals surface area contributed by atoms with Gasteiger partial charge in [-0.15, -0.1) is 0 Å². The Kier molecular flexibility index (Phi) is 4.99. The second-order valence-electron chi connectivity index (χ2n) is 6.68. The van der Waals surface area contributed by atoms with Crippen molar-refractivity contribution in [1.29, 1.82) is 0 Å². The number of hydrogen-bond acceptors (Lipinski definition) is 2. The molecule has 0 saturated heterocycles. The van der Waals surface area contributed by atoms with Crippen molar-refractivity contribution >= 4 is 0 Å². The Morgan fingerprint density at radius 3 is 2.57 bits per heavy atom. The zero-order valence-electron chi connectivity index (χ0n) is 16.5. The quantitative estimate of drug-likeness (QED) is 0.647. The zero-order chi connectivity index (χ0) is 18.8. The first-order valence-corrected chi connectivity index (χ1v) is 8.52. The molecule has 0 radical (unpaired) electrons. The van der Waals surface area contributed by atoms with Crippen molar-refractivity contribution in [3.63, 3.8) is 0 Å². The molecule has 0 bridgehead atoms. The van der Waals surface area contributed by atoms with Crippen molar-refractivity contribution < 1.29 is 13.0 Å². The van der Waals surface area contributed by atoms with Gasteiger partial charge in [-0.3, -0.25) is 0 Å². The summed E-state index contributed by atoms with van der Waals surface area (Å²) in [5.74, 6) is 0.325. The van der Waals surface area contributed by atoms with Gasteiger partial charge < -0.3 is 10.2 Å². The third-order valence-corrected chi connectivity index (χ3v) is 4.75. The van der Waals surface area contributed by atoms with Gasteiger partial charge in [0, 0.05) is 14.2 Å². The van der Waals surface area contributed by atoms with Crippen LogP contribution in [0.5, 0.6) is 11.5 Å². The number of phenols is 2. The van der Waals surface area contributed by atoms with Crippen LogP contribution in [0.4, 0.5) is 0 Å². The van der Waals surface area contributed by atoms with E-state index in [1.165, 1.54) is 5.57 Å². The highest BCUT2D eigenvalue weighted by molar-refractivity contribution is 5.51. The molecule has 1 aliphatic carbocycles. The lowest BCUT2D eigenvalue weighted by atomic mass is 9.73.